The molecule has 4 atom stereocenters. The first-order valence-electron chi connectivity index (χ1n) is 8.43. The Morgan fingerprint density at radius 1 is 1.17 bits per heavy atom. The van der Waals surface area contributed by atoms with E-state index >= 15 is 0 Å². The van der Waals surface area contributed by atoms with E-state index in [1.807, 2.05) is 30.3 Å². The van der Waals surface area contributed by atoms with E-state index < -0.39 is 24.2 Å². The molecule has 0 radical (unpaired) electrons. The lowest BCUT2D eigenvalue weighted by atomic mass is 9.93. The number of amides is 1. The average molecular weight is 333 g/mol. The molecule has 0 aromatic heterocycles. The molecule has 2 fully saturated rings. The van der Waals surface area contributed by atoms with Crippen molar-refractivity contribution < 1.29 is 24.2 Å². The molecule has 1 aliphatic carbocycles. The highest BCUT2D eigenvalue weighted by atomic mass is 16.6. The van der Waals surface area contributed by atoms with Crippen LogP contribution >= 0.6 is 0 Å². The number of fused-ring (bicyclic) bond motifs is 1. The molecule has 1 aromatic rings. The number of esters is 1. The van der Waals surface area contributed by atoms with Crippen molar-refractivity contribution in [2.45, 2.75) is 38.5 Å². The number of nitrogens with zero attached hydrogens (tertiary/aromatic N) is 1. The van der Waals surface area contributed by atoms with E-state index in [0.717, 1.165) is 12.0 Å². The van der Waals surface area contributed by atoms with Gasteiger partial charge in [-0.15, -0.1) is 0 Å². The summed E-state index contributed by atoms with van der Waals surface area (Å²) in [6.45, 7) is 2.50. The van der Waals surface area contributed by atoms with Crippen LogP contribution in [-0.2, 0) is 20.9 Å². The Morgan fingerprint density at radius 3 is 2.62 bits per heavy atom. The SMILES string of the molecule is CCOC(=O)C1C2CCC(O)C2CN1C(=O)OCc1ccccc1. The first-order valence-corrected chi connectivity index (χ1v) is 8.43. The molecule has 0 bridgehead atoms. The lowest BCUT2D eigenvalue weighted by molar-refractivity contribution is -0.149. The molecule has 1 saturated heterocycles. The van der Waals surface area contributed by atoms with Gasteiger partial charge in [-0.3, -0.25) is 4.90 Å². The van der Waals surface area contributed by atoms with E-state index in [9.17, 15) is 14.7 Å². The van der Waals surface area contributed by atoms with Crippen LogP contribution in [0.4, 0.5) is 4.79 Å². The first-order chi connectivity index (χ1) is 11.6. The van der Waals surface area contributed by atoms with Gasteiger partial charge in [-0.2, -0.15) is 0 Å². The predicted octanol–water partition coefficient (Wildman–Crippen LogP) is 1.96. The molecule has 0 spiro atoms. The van der Waals surface area contributed by atoms with Gasteiger partial charge in [-0.05, 0) is 31.2 Å². The van der Waals surface area contributed by atoms with Gasteiger partial charge in [0.15, 0.2) is 0 Å². The second-order valence-electron chi connectivity index (χ2n) is 6.36. The van der Waals surface area contributed by atoms with Gasteiger partial charge in [0.25, 0.3) is 0 Å². The smallest absolute Gasteiger partial charge is 0.410 e. The number of benzene rings is 1. The summed E-state index contributed by atoms with van der Waals surface area (Å²) in [5.41, 5.74) is 0.887. The number of hydrogen-bond donors (Lipinski definition) is 1. The zero-order valence-corrected chi connectivity index (χ0v) is 13.8. The maximum Gasteiger partial charge on any atom is 0.410 e. The summed E-state index contributed by atoms with van der Waals surface area (Å²) < 4.78 is 10.5. The fourth-order valence-corrected chi connectivity index (χ4v) is 3.82. The average Bonchev–Trinajstić information content (AvgIpc) is 3.14. The molecule has 1 heterocycles. The van der Waals surface area contributed by atoms with Gasteiger partial charge in [0, 0.05) is 12.5 Å². The lowest BCUT2D eigenvalue weighted by Gasteiger charge is -2.25. The van der Waals surface area contributed by atoms with Gasteiger partial charge >= 0.3 is 12.1 Å². The van der Waals surface area contributed by atoms with Gasteiger partial charge < -0.3 is 14.6 Å². The number of aliphatic hydroxyl groups excluding tert-OH is 1. The van der Waals surface area contributed by atoms with E-state index in [0.29, 0.717) is 13.0 Å². The van der Waals surface area contributed by atoms with Crippen molar-refractivity contribution in [2.24, 2.45) is 11.8 Å². The number of aliphatic hydroxyl groups is 1. The molecule has 6 heteroatoms. The highest BCUT2D eigenvalue weighted by molar-refractivity contribution is 5.82. The minimum absolute atomic E-state index is 0.0525. The van der Waals surface area contributed by atoms with Crippen molar-refractivity contribution in [3.63, 3.8) is 0 Å². The third-order valence-corrected chi connectivity index (χ3v) is 4.96. The summed E-state index contributed by atoms with van der Waals surface area (Å²) >= 11 is 0. The van der Waals surface area contributed by atoms with Crippen LogP contribution in [0.1, 0.15) is 25.3 Å². The maximum atomic E-state index is 12.5. The van der Waals surface area contributed by atoms with Crippen LogP contribution in [0.5, 0.6) is 0 Å². The van der Waals surface area contributed by atoms with Gasteiger partial charge in [-0.1, -0.05) is 30.3 Å². The Morgan fingerprint density at radius 2 is 1.92 bits per heavy atom. The summed E-state index contributed by atoms with van der Waals surface area (Å²) in [7, 11) is 0. The number of carbonyl (C=O) groups excluding carboxylic acids is 2. The standard InChI is InChI=1S/C18H23NO5/c1-2-23-17(21)16-13-8-9-15(20)14(13)10-19(16)18(22)24-11-12-6-4-3-5-7-12/h3-7,13-16,20H,2,8-11H2,1H3. The molecule has 3 rings (SSSR count). The second kappa shape index (κ2) is 7.21. The van der Waals surface area contributed by atoms with Crippen molar-refractivity contribution in [1.82, 2.24) is 4.90 Å². The topological polar surface area (TPSA) is 76.1 Å². The molecule has 2 aliphatic rings. The molecule has 4 unspecified atom stereocenters. The molecule has 1 N–H and O–H groups in total. The van der Waals surface area contributed by atoms with E-state index in [-0.39, 0.29) is 25.0 Å². The van der Waals surface area contributed by atoms with Crippen LogP contribution in [0, 0.1) is 11.8 Å². The number of rotatable bonds is 4. The summed E-state index contributed by atoms with van der Waals surface area (Å²) in [4.78, 5) is 26.2. The van der Waals surface area contributed by atoms with Crippen LogP contribution in [0.25, 0.3) is 0 Å². The Hall–Kier alpha value is -2.08. The van der Waals surface area contributed by atoms with E-state index in [4.69, 9.17) is 9.47 Å². The monoisotopic (exact) mass is 333 g/mol. The molecule has 1 amide bonds. The van der Waals surface area contributed by atoms with E-state index in [2.05, 4.69) is 0 Å². The van der Waals surface area contributed by atoms with Crippen LogP contribution in [-0.4, -0.2) is 47.4 Å². The normalized spacial score (nSPS) is 28.5. The van der Waals surface area contributed by atoms with Crippen LogP contribution in [0.15, 0.2) is 30.3 Å². The summed E-state index contributed by atoms with van der Waals surface area (Å²) in [6.07, 6.45) is 0.382. The molecule has 130 valence electrons. The van der Waals surface area contributed by atoms with Crippen LogP contribution < -0.4 is 0 Å². The molecule has 1 aliphatic heterocycles. The van der Waals surface area contributed by atoms with Crippen LogP contribution in [0.2, 0.25) is 0 Å². The minimum atomic E-state index is -0.657. The summed E-state index contributed by atoms with van der Waals surface area (Å²) in [6, 6.07) is 8.74. The molecule has 1 aromatic carbocycles. The molecular formula is C18H23NO5. The van der Waals surface area contributed by atoms with E-state index in [1.54, 1.807) is 6.92 Å². The zero-order valence-electron chi connectivity index (χ0n) is 13.8. The van der Waals surface area contributed by atoms with Crippen molar-refractivity contribution in [1.29, 1.82) is 0 Å². The van der Waals surface area contributed by atoms with Crippen molar-refractivity contribution in [3.05, 3.63) is 35.9 Å². The highest BCUT2D eigenvalue weighted by Crippen LogP contribution is 2.43. The van der Waals surface area contributed by atoms with E-state index in [1.165, 1.54) is 4.90 Å². The Balaban J connectivity index is 1.69. The van der Waals surface area contributed by atoms with Gasteiger partial charge in [0.2, 0.25) is 0 Å². The Kier molecular flexibility index (Phi) is 5.04. The third kappa shape index (κ3) is 3.24. The second-order valence-corrected chi connectivity index (χ2v) is 6.36. The first kappa shape index (κ1) is 16.8. The number of hydrogen-bond acceptors (Lipinski definition) is 5. The van der Waals surface area contributed by atoms with Crippen molar-refractivity contribution in [3.8, 4) is 0 Å². The third-order valence-electron chi connectivity index (χ3n) is 4.96. The van der Waals surface area contributed by atoms with Gasteiger partial charge in [0.05, 0.1) is 12.7 Å². The fraction of sp³-hybridized carbons (Fsp3) is 0.556. The quantitative estimate of drug-likeness (QED) is 0.853. The van der Waals surface area contributed by atoms with Crippen LogP contribution in [0.3, 0.4) is 0 Å². The molecule has 24 heavy (non-hydrogen) atoms. The van der Waals surface area contributed by atoms with Gasteiger partial charge in [-0.25, -0.2) is 9.59 Å². The van der Waals surface area contributed by atoms with Crippen molar-refractivity contribution >= 4 is 12.1 Å². The minimum Gasteiger partial charge on any atom is -0.464 e. The van der Waals surface area contributed by atoms with Gasteiger partial charge in [0.1, 0.15) is 12.6 Å². The summed E-state index contributed by atoms with van der Waals surface area (Å²) in [5.74, 6) is -0.539. The lowest BCUT2D eigenvalue weighted by Crippen LogP contribution is -2.44. The molecular weight excluding hydrogens is 310 g/mol. The highest BCUT2D eigenvalue weighted by Gasteiger charge is 2.53. The largest absolute Gasteiger partial charge is 0.464 e. The zero-order chi connectivity index (χ0) is 17.1. The number of carbonyl (C=O) groups is 2. The summed E-state index contributed by atoms with van der Waals surface area (Å²) in [5, 5.41) is 10.1. The fourth-order valence-electron chi connectivity index (χ4n) is 3.82. The Bertz CT molecular complexity index is 590. The molecule has 1 saturated carbocycles. The van der Waals surface area contributed by atoms with Crippen molar-refractivity contribution in [2.75, 3.05) is 13.2 Å². The maximum absolute atomic E-state index is 12.5. The predicted molar refractivity (Wildman–Crippen MR) is 86.0 cm³/mol. The number of likely N-dealkylation sites (tertiary alicyclic amines) is 1. The Labute approximate surface area is 141 Å². The number of ether oxygens (including phenoxy) is 2. The molecule has 6 nitrogen and oxygen atoms in total.